The van der Waals surface area contributed by atoms with Crippen molar-refractivity contribution >= 4 is 28.8 Å². The Morgan fingerprint density at radius 1 is 1.11 bits per heavy atom. The molecule has 2 heterocycles. The Kier molecular flexibility index (Phi) is 7.30. The van der Waals surface area contributed by atoms with Crippen molar-refractivity contribution in [1.82, 2.24) is 10.2 Å². The molecule has 2 amide bonds. The number of benzene rings is 3. The first-order valence-electron chi connectivity index (χ1n) is 12.3. The lowest BCUT2D eigenvalue weighted by Crippen LogP contribution is -2.35. The van der Waals surface area contributed by atoms with E-state index >= 15 is 0 Å². The van der Waals surface area contributed by atoms with E-state index in [1.54, 1.807) is 36.5 Å². The third kappa shape index (κ3) is 5.87. The highest BCUT2D eigenvalue weighted by Gasteiger charge is 2.25. The van der Waals surface area contributed by atoms with Gasteiger partial charge in [0.05, 0.1) is 24.8 Å². The quantitative estimate of drug-likeness (QED) is 0.415. The van der Waals surface area contributed by atoms with Crippen LogP contribution in [0.15, 0.2) is 72.9 Å². The van der Waals surface area contributed by atoms with Crippen LogP contribution in [0.4, 0.5) is 15.8 Å². The van der Waals surface area contributed by atoms with Crippen molar-refractivity contribution in [3.05, 3.63) is 101 Å². The van der Waals surface area contributed by atoms with Gasteiger partial charge in [-0.3, -0.25) is 14.5 Å². The molecule has 0 spiro atoms. The number of rotatable bonds is 7. The average Bonchev–Trinajstić information content (AvgIpc) is 3.22. The number of hydrogen-bond acceptors (Lipinski definition) is 5. The zero-order chi connectivity index (χ0) is 25.8. The molecule has 5 rings (SSSR count). The minimum Gasteiger partial charge on any atom is -0.379 e. The smallest absolute Gasteiger partial charge is 0.257 e. The predicted molar refractivity (Wildman–Crippen MR) is 141 cm³/mol. The van der Waals surface area contributed by atoms with Crippen LogP contribution in [0.1, 0.15) is 40.0 Å². The van der Waals surface area contributed by atoms with Gasteiger partial charge in [0.2, 0.25) is 0 Å². The second-order valence-electron chi connectivity index (χ2n) is 9.25. The molecule has 1 fully saturated rings. The second kappa shape index (κ2) is 10.9. The minimum atomic E-state index is -0.324. The van der Waals surface area contributed by atoms with Gasteiger partial charge in [0.25, 0.3) is 11.8 Å². The Hall–Kier alpha value is -4.01. The maximum absolute atomic E-state index is 13.2. The van der Waals surface area contributed by atoms with Gasteiger partial charge in [-0.25, -0.2) is 4.39 Å². The van der Waals surface area contributed by atoms with Gasteiger partial charge < -0.3 is 20.7 Å². The molecule has 190 valence electrons. The molecular weight excluding hydrogens is 471 g/mol. The molecule has 3 N–H and O–H groups in total. The van der Waals surface area contributed by atoms with Crippen molar-refractivity contribution in [1.29, 1.82) is 0 Å². The number of carbonyl (C=O) groups excluding carboxylic acids is 2. The zero-order valence-electron chi connectivity index (χ0n) is 20.6. The SMILES string of the molecule is C[C@@H](NC(=O)c1ccc2c(c1)/C(=C/Nc1cccc(CN3CCOCC3)c1)C(=O)N2)c1ccc(F)cc1. The molecule has 0 aromatic heterocycles. The number of nitrogens with zero attached hydrogens (tertiary/aromatic N) is 1. The zero-order valence-corrected chi connectivity index (χ0v) is 20.6. The molecule has 7 nitrogen and oxygen atoms in total. The second-order valence-corrected chi connectivity index (χ2v) is 9.25. The predicted octanol–water partition coefficient (Wildman–Crippen LogP) is 4.55. The van der Waals surface area contributed by atoms with E-state index in [4.69, 9.17) is 4.74 Å². The van der Waals surface area contributed by atoms with Gasteiger partial charge in [0, 0.05) is 48.3 Å². The Morgan fingerprint density at radius 3 is 2.68 bits per heavy atom. The van der Waals surface area contributed by atoms with Crippen molar-refractivity contribution in [2.75, 3.05) is 36.9 Å². The normalized spacial score (nSPS) is 17.2. The third-order valence-electron chi connectivity index (χ3n) is 6.60. The van der Waals surface area contributed by atoms with Crippen LogP contribution in [0.3, 0.4) is 0 Å². The lowest BCUT2D eigenvalue weighted by Gasteiger charge is -2.26. The van der Waals surface area contributed by atoms with Crippen LogP contribution in [0, 0.1) is 5.82 Å². The van der Waals surface area contributed by atoms with Crippen molar-refractivity contribution in [3.8, 4) is 0 Å². The maximum atomic E-state index is 13.2. The number of carbonyl (C=O) groups is 2. The molecule has 3 aromatic rings. The van der Waals surface area contributed by atoms with E-state index in [0.29, 0.717) is 22.4 Å². The monoisotopic (exact) mass is 500 g/mol. The Labute approximate surface area is 215 Å². The highest BCUT2D eigenvalue weighted by atomic mass is 19.1. The fraction of sp³-hybridized carbons (Fsp3) is 0.241. The molecule has 1 saturated heterocycles. The molecule has 2 aliphatic heterocycles. The summed E-state index contributed by atoms with van der Waals surface area (Å²) in [6.45, 7) is 6.02. The van der Waals surface area contributed by atoms with Gasteiger partial charge in [-0.05, 0) is 60.5 Å². The summed E-state index contributed by atoms with van der Waals surface area (Å²) in [6.07, 6.45) is 1.68. The number of nitrogens with one attached hydrogen (secondary N) is 3. The highest BCUT2D eigenvalue weighted by Crippen LogP contribution is 2.33. The van der Waals surface area contributed by atoms with Gasteiger partial charge in [-0.15, -0.1) is 0 Å². The first kappa shape index (κ1) is 24.7. The van der Waals surface area contributed by atoms with Crippen molar-refractivity contribution < 1.29 is 18.7 Å². The Balaban J connectivity index is 1.29. The van der Waals surface area contributed by atoms with E-state index in [-0.39, 0.29) is 23.7 Å². The van der Waals surface area contributed by atoms with Gasteiger partial charge in [-0.1, -0.05) is 24.3 Å². The average molecular weight is 501 g/mol. The summed E-state index contributed by atoms with van der Waals surface area (Å²) in [5.74, 6) is -0.832. The van der Waals surface area contributed by atoms with Crippen LogP contribution in [0.2, 0.25) is 0 Å². The standard InChI is InChI=1S/C29H29FN4O3/c1-19(21-5-8-23(30)9-6-21)32-28(35)22-7-10-27-25(16-22)26(29(36)33-27)17-31-24-4-2-3-20(15-24)18-34-11-13-37-14-12-34/h2-10,15-17,19,31H,11-14,18H2,1H3,(H,32,35)(H,33,36)/b26-17-/t19-/m1/s1. The molecule has 1 atom stereocenters. The van der Waals surface area contributed by atoms with Crippen LogP contribution < -0.4 is 16.0 Å². The van der Waals surface area contributed by atoms with Crippen LogP contribution >= 0.6 is 0 Å². The molecule has 0 unspecified atom stereocenters. The molecule has 2 aliphatic rings. The number of anilines is 2. The Morgan fingerprint density at radius 2 is 1.89 bits per heavy atom. The number of halogens is 1. The first-order chi connectivity index (χ1) is 18.0. The van der Waals surface area contributed by atoms with Crippen LogP contribution in [0.5, 0.6) is 0 Å². The fourth-order valence-corrected chi connectivity index (χ4v) is 4.52. The van der Waals surface area contributed by atoms with Crippen LogP contribution in [0.25, 0.3) is 5.57 Å². The summed E-state index contributed by atoms with van der Waals surface area (Å²) in [6, 6.07) is 18.9. The lowest BCUT2D eigenvalue weighted by atomic mass is 10.0. The van der Waals surface area contributed by atoms with Gasteiger partial charge in [0.1, 0.15) is 5.82 Å². The lowest BCUT2D eigenvalue weighted by molar-refractivity contribution is -0.110. The number of morpholine rings is 1. The maximum Gasteiger partial charge on any atom is 0.257 e. The van der Waals surface area contributed by atoms with Crippen molar-refractivity contribution in [2.24, 2.45) is 0 Å². The molecule has 0 saturated carbocycles. The summed E-state index contributed by atoms with van der Waals surface area (Å²) in [4.78, 5) is 28.0. The molecule has 0 radical (unpaired) electrons. The number of amides is 2. The molecular formula is C29H29FN4O3. The summed E-state index contributed by atoms with van der Waals surface area (Å²) in [5.41, 5.74) is 5.05. The first-order valence-corrected chi connectivity index (χ1v) is 12.3. The van der Waals surface area contributed by atoms with E-state index in [0.717, 1.165) is 44.1 Å². The van der Waals surface area contributed by atoms with Crippen molar-refractivity contribution in [2.45, 2.75) is 19.5 Å². The van der Waals surface area contributed by atoms with E-state index in [2.05, 4.69) is 33.0 Å². The largest absolute Gasteiger partial charge is 0.379 e. The molecule has 8 heteroatoms. The summed E-state index contributed by atoms with van der Waals surface area (Å²) in [5, 5.41) is 9.03. The van der Waals surface area contributed by atoms with Crippen LogP contribution in [-0.2, 0) is 16.1 Å². The molecule has 37 heavy (non-hydrogen) atoms. The molecule has 0 aliphatic carbocycles. The van der Waals surface area contributed by atoms with E-state index < -0.39 is 0 Å². The van der Waals surface area contributed by atoms with Gasteiger partial charge >= 0.3 is 0 Å². The third-order valence-corrected chi connectivity index (χ3v) is 6.60. The van der Waals surface area contributed by atoms with E-state index in [1.807, 2.05) is 19.1 Å². The molecule has 3 aromatic carbocycles. The van der Waals surface area contributed by atoms with Gasteiger partial charge in [-0.2, -0.15) is 0 Å². The summed E-state index contributed by atoms with van der Waals surface area (Å²) < 4.78 is 18.6. The number of ether oxygens (including phenoxy) is 1. The number of hydrogen-bond donors (Lipinski definition) is 3. The van der Waals surface area contributed by atoms with Crippen LogP contribution in [-0.4, -0.2) is 43.0 Å². The minimum absolute atomic E-state index is 0.232. The molecule has 0 bridgehead atoms. The van der Waals surface area contributed by atoms with E-state index in [1.165, 1.54) is 17.7 Å². The highest BCUT2D eigenvalue weighted by molar-refractivity contribution is 6.32. The fourth-order valence-electron chi connectivity index (χ4n) is 4.52. The summed E-state index contributed by atoms with van der Waals surface area (Å²) in [7, 11) is 0. The Bertz CT molecular complexity index is 1330. The number of fused-ring (bicyclic) bond motifs is 1. The topological polar surface area (TPSA) is 82.7 Å². The summed E-state index contributed by atoms with van der Waals surface area (Å²) >= 11 is 0. The van der Waals surface area contributed by atoms with Crippen molar-refractivity contribution in [3.63, 3.8) is 0 Å². The van der Waals surface area contributed by atoms with Gasteiger partial charge in [0.15, 0.2) is 0 Å². The van der Waals surface area contributed by atoms with E-state index in [9.17, 15) is 14.0 Å².